The standard InChI is InChI=1S/C18H19FO/c1-13-8-9-14(12-16(13)19)17(20)18(10-5-11-18)15-6-3-2-4-7-15/h2-4,6-9,12,17,20H,5,10-11H2,1H3. The molecule has 0 aliphatic heterocycles. The Morgan fingerprint density at radius 2 is 1.80 bits per heavy atom. The molecule has 20 heavy (non-hydrogen) atoms. The maximum Gasteiger partial charge on any atom is 0.126 e. The van der Waals surface area contributed by atoms with E-state index in [0.29, 0.717) is 11.1 Å². The lowest BCUT2D eigenvalue weighted by Crippen LogP contribution is -2.40. The molecule has 2 heteroatoms. The summed E-state index contributed by atoms with van der Waals surface area (Å²) in [7, 11) is 0. The van der Waals surface area contributed by atoms with Crippen LogP contribution in [0.1, 0.15) is 42.1 Å². The van der Waals surface area contributed by atoms with Crippen LogP contribution in [0.2, 0.25) is 0 Å². The molecule has 3 rings (SSSR count). The van der Waals surface area contributed by atoms with E-state index in [1.165, 1.54) is 6.07 Å². The minimum Gasteiger partial charge on any atom is -0.387 e. The predicted molar refractivity (Wildman–Crippen MR) is 78.1 cm³/mol. The van der Waals surface area contributed by atoms with Crippen LogP contribution in [0, 0.1) is 12.7 Å². The summed E-state index contributed by atoms with van der Waals surface area (Å²) in [4.78, 5) is 0. The molecule has 2 aromatic carbocycles. The molecule has 1 unspecified atom stereocenters. The van der Waals surface area contributed by atoms with Crippen LogP contribution in [0.5, 0.6) is 0 Å². The van der Waals surface area contributed by atoms with Crippen LogP contribution in [0.15, 0.2) is 48.5 Å². The van der Waals surface area contributed by atoms with E-state index in [4.69, 9.17) is 0 Å². The van der Waals surface area contributed by atoms with Crippen LogP contribution < -0.4 is 0 Å². The van der Waals surface area contributed by atoms with E-state index in [0.717, 1.165) is 24.8 Å². The van der Waals surface area contributed by atoms with Crippen molar-refractivity contribution in [2.45, 2.75) is 37.7 Å². The van der Waals surface area contributed by atoms with Gasteiger partial charge in [-0.15, -0.1) is 0 Å². The Morgan fingerprint density at radius 3 is 2.35 bits per heavy atom. The first-order valence-corrected chi connectivity index (χ1v) is 7.13. The number of hydrogen-bond acceptors (Lipinski definition) is 1. The van der Waals surface area contributed by atoms with Gasteiger partial charge in [0.1, 0.15) is 5.82 Å². The minimum atomic E-state index is -0.645. The number of rotatable bonds is 3. The number of aliphatic hydroxyl groups excluding tert-OH is 1. The van der Waals surface area contributed by atoms with Crippen LogP contribution in [-0.4, -0.2) is 5.11 Å². The minimum absolute atomic E-state index is 0.246. The van der Waals surface area contributed by atoms with E-state index in [9.17, 15) is 9.50 Å². The molecule has 0 spiro atoms. The molecule has 0 heterocycles. The van der Waals surface area contributed by atoms with E-state index in [1.807, 2.05) is 24.3 Å². The average molecular weight is 270 g/mol. The third-order valence-electron chi connectivity index (χ3n) is 4.63. The molecule has 1 N–H and O–H groups in total. The van der Waals surface area contributed by atoms with Crippen LogP contribution in [0.3, 0.4) is 0 Å². The molecule has 1 fully saturated rings. The molecule has 0 radical (unpaired) electrons. The van der Waals surface area contributed by atoms with Crippen LogP contribution in [0.4, 0.5) is 4.39 Å². The highest BCUT2D eigenvalue weighted by atomic mass is 19.1. The Morgan fingerprint density at radius 1 is 1.10 bits per heavy atom. The third-order valence-corrected chi connectivity index (χ3v) is 4.63. The van der Waals surface area contributed by atoms with Gasteiger partial charge < -0.3 is 5.11 Å². The highest BCUT2D eigenvalue weighted by molar-refractivity contribution is 5.35. The monoisotopic (exact) mass is 270 g/mol. The summed E-state index contributed by atoms with van der Waals surface area (Å²) in [5.41, 5.74) is 2.20. The number of hydrogen-bond donors (Lipinski definition) is 1. The lowest BCUT2D eigenvalue weighted by molar-refractivity contribution is 0.0266. The summed E-state index contributed by atoms with van der Waals surface area (Å²) >= 11 is 0. The van der Waals surface area contributed by atoms with Crippen molar-refractivity contribution in [3.05, 3.63) is 71.0 Å². The zero-order valence-electron chi connectivity index (χ0n) is 11.6. The normalized spacial score (nSPS) is 18.4. The number of aliphatic hydroxyl groups is 1. The van der Waals surface area contributed by atoms with Gasteiger partial charge in [-0.25, -0.2) is 4.39 Å². The predicted octanol–water partition coefficient (Wildman–Crippen LogP) is 4.29. The zero-order chi connectivity index (χ0) is 14.2. The highest BCUT2D eigenvalue weighted by Gasteiger charge is 2.45. The number of benzene rings is 2. The lowest BCUT2D eigenvalue weighted by Gasteiger charge is -2.46. The largest absolute Gasteiger partial charge is 0.387 e. The molecule has 1 aliphatic carbocycles. The summed E-state index contributed by atoms with van der Waals surface area (Å²) in [5.74, 6) is -0.246. The van der Waals surface area contributed by atoms with Gasteiger partial charge in [-0.05, 0) is 42.5 Å². The van der Waals surface area contributed by atoms with Crippen molar-refractivity contribution in [2.75, 3.05) is 0 Å². The first-order chi connectivity index (χ1) is 9.63. The summed E-state index contributed by atoms with van der Waals surface area (Å²) in [6.07, 6.45) is 2.37. The van der Waals surface area contributed by atoms with E-state index in [2.05, 4.69) is 12.1 Å². The van der Waals surface area contributed by atoms with Gasteiger partial charge >= 0.3 is 0 Å². The van der Waals surface area contributed by atoms with Crippen molar-refractivity contribution in [1.82, 2.24) is 0 Å². The van der Waals surface area contributed by atoms with Crippen molar-refractivity contribution in [3.63, 3.8) is 0 Å². The molecule has 0 saturated heterocycles. The molecule has 0 bridgehead atoms. The molecule has 1 atom stereocenters. The molecule has 2 aromatic rings. The molecule has 1 aliphatic rings. The number of aryl methyl sites for hydroxylation is 1. The van der Waals surface area contributed by atoms with Gasteiger partial charge in [-0.1, -0.05) is 48.9 Å². The third kappa shape index (κ3) is 2.04. The maximum absolute atomic E-state index is 13.7. The van der Waals surface area contributed by atoms with Gasteiger partial charge in [-0.2, -0.15) is 0 Å². The van der Waals surface area contributed by atoms with Crippen molar-refractivity contribution < 1.29 is 9.50 Å². The highest BCUT2D eigenvalue weighted by Crippen LogP contribution is 2.52. The summed E-state index contributed by atoms with van der Waals surface area (Å²) < 4.78 is 13.7. The molecule has 104 valence electrons. The van der Waals surface area contributed by atoms with Crippen molar-refractivity contribution in [1.29, 1.82) is 0 Å². The smallest absolute Gasteiger partial charge is 0.126 e. The van der Waals surface area contributed by atoms with Crippen LogP contribution >= 0.6 is 0 Å². The Balaban J connectivity index is 1.99. The second-order valence-electron chi connectivity index (χ2n) is 5.79. The Hall–Kier alpha value is -1.67. The molecular formula is C18H19FO. The van der Waals surface area contributed by atoms with E-state index >= 15 is 0 Å². The van der Waals surface area contributed by atoms with Gasteiger partial charge in [0.05, 0.1) is 6.10 Å². The number of halogens is 1. The lowest BCUT2D eigenvalue weighted by atomic mass is 9.60. The maximum atomic E-state index is 13.7. The fourth-order valence-electron chi connectivity index (χ4n) is 3.15. The molecule has 0 amide bonds. The molecule has 1 saturated carbocycles. The van der Waals surface area contributed by atoms with Crippen molar-refractivity contribution in [3.8, 4) is 0 Å². The van der Waals surface area contributed by atoms with E-state index in [1.54, 1.807) is 13.0 Å². The quantitative estimate of drug-likeness (QED) is 0.882. The summed E-state index contributed by atoms with van der Waals surface area (Å²) in [5, 5.41) is 10.8. The topological polar surface area (TPSA) is 20.2 Å². The van der Waals surface area contributed by atoms with Gasteiger partial charge in [0.25, 0.3) is 0 Å². The van der Waals surface area contributed by atoms with E-state index in [-0.39, 0.29) is 11.2 Å². The summed E-state index contributed by atoms with van der Waals surface area (Å²) in [6.45, 7) is 1.74. The fraction of sp³-hybridized carbons (Fsp3) is 0.333. The molecule has 1 nitrogen and oxygen atoms in total. The van der Waals surface area contributed by atoms with Crippen LogP contribution in [-0.2, 0) is 5.41 Å². The Kier molecular flexibility index (Phi) is 3.35. The fourth-order valence-corrected chi connectivity index (χ4v) is 3.15. The zero-order valence-corrected chi connectivity index (χ0v) is 11.6. The SMILES string of the molecule is Cc1ccc(C(O)C2(c3ccccc3)CCC2)cc1F. The first kappa shape index (κ1) is 13.3. The second-order valence-corrected chi connectivity index (χ2v) is 5.79. The summed E-state index contributed by atoms with van der Waals surface area (Å²) in [6, 6.07) is 15.2. The van der Waals surface area contributed by atoms with Gasteiger partial charge in [0.15, 0.2) is 0 Å². The van der Waals surface area contributed by atoms with Gasteiger partial charge in [-0.3, -0.25) is 0 Å². The average Bonchev–Trinajstić information content (AvgIpc) is 2.42. The Labute approximate surface area is 119 Å². The van der Waals surface area contributed by atoms with Gasteiger partial charge in [0.2, 0.25) is 0 Å². The first-order valence-electron chi connectivity index (χ1n) is 7.13. The van der Waals surface area contributed by atoms with Gasteiger partial charge in [0, 0.05) is 5.41 Å². The van der Waals surface area contributed by atoms with E-state index < -0.39 is 6.10 Å². The van der Waals surface area contributed by atoms with Crippen molar-refractivity contribution >= 4 is 0 Å². The van der Waals surface area contributed by atoms with Crippen molar-refractivity contribution in [2.24, 2.45) is 0 Å². The Bertz CT molecular complexity index is 602. The second kappa shape index (κ2) is 5.02. The molecular weight excluding hydrogens is 251 g/mol. The van der Waals surface area contributed by atoms with Crippen LogP contribution in [0.25, 0.3) is 0 Å². The molecule has 0 aromatic heterocycles.